The van der Waals surface area contributed by atoms with Gasteiger partial charge in [0.2, 0.25) is 0 Å². The lowest BCUT2D eigenvalue weighted by atomic mass is 9.97. The molecule has 4 aromatic rings. The summed E-state index contributed by atoms with van der Waals surface area (Å²) in [6.45, 7) is 0. The van der Waals surface area contributed by atoms with Gasteiger partial charge in [0.05, 0.1) is 21.4 Å². The van der Waals surface area contributed by atoms with Crippen LogP contribution in [0.2, 0.25) is 0 Å². The lowest BCUT2D eigenvalue weighted by molar-refractivity contribution is -0.154. The zero-order chi connectivity index (χ0) is 22.8. The van der Waals surface area contributed by atoms with Crippen LogP contribution >= 0.6 is 15.9 Å². The van der Waals surface area contributed by atoms with Gasteiger partial charge in [0.1, 0.15) is 5.52 Å². The number of nitrogens with zero attached hydrogens (tertiary/aromatic N) is 2. The molecule has 4 rings (SSSR count). The van der Waals surface area contributed by atoms with E-state index in [1.165, 1.54) is 0 Å². The molecule has 0 radical (unpaired) electrons. The highest BCUT2D eigenvalue weighted by molar-refractivity contribution is 9.10. The number of hydrogen-bond acceptors (Lipinski definition) is 5. The van der Waals surface area contributed by atoms with E-state index in [1.54, 1.807) is 36.4 Å². The topological polar surface area (TPSA) is 121 Å². The molecule has 0 aliphatic carbocycles. The Morgan fingerprint density at radius 3 is 2.03 bits per heavy atom. The number of halogens is 1. The maximum atomic E-state index is 11.2. The number of aromatic hydroxyl groups is 1. The van der Waals surface area contributed by atoms with Crippen LogP contribution in [-0.2, 0) is 16.0 Å². The van der Waals surface area contributed by atoms with Crippen LogP contribution in [0.25, 0.3) is 33.5 Å². The van der Waals surface area contributed by atoms with Crippen molar-refractivity contribution >= 4 is 38.9 Å². The van der Waals surface area contributed by atoms with Gasteiger partial charge in [0, 0.05) is 11.1 Å². The molecule has 0 unspecified atom stereocenters. The molecule has 0 aliphatic rings. The van der Waals surface area contributed by atoms with Gasteiger partial charge in [-0.1, -0.05) is 54.6 Å². The molecule has 0 saturated carbocycles. The molecule has 3 aromatic carbocycles. The molecular weight excluding hydrogens is 476 g/mol. The van der Waals surface area contributed by atoms with Gasteiger partial charge in [-0.2, -0.15) is 0 Å². The van der Waals surface area contributed by atoms with E-state index >= 15 is 0 Å². The third-order valence-corrected chi connectivity index (χ3v) is 5.71. The van der Waals surface area contributed by atoms with Gasteiger partial charge in [0.15, 0.2) is 11.7 Å². The van der Waals surface area contributed by atoms with E-state index in [4.69, 9.17) is 20.2 Å². The molecule has 160 valence electrons. The number of carbonyl (C=O) groups is 2. The fourth-order valence-corrected chi connectivity index (χ4v) is 3.72. The van der Waals surface area contributed by atoms with Crippen LogP contribution in [0.3, 0.4) is 0 Å². The highest BCUT2D eigenvalue weighted by Crippen LogP contribution is 2.36. The standard InChI is InChI=1S/C24H17BrN2O5/c25-17-10-11-18-21(22(17)28)27-20(14-4-2-1-3-5-14)19(26-18)15-8-6-13(7-9-15)12-16(23(29)30)24(31)32/h1-11,16,28H,12H2,(H,29,30)(H,31,32). The van der Waals surface area contributed by atoms with Gasteiger partial charge in [-0.15, -0.1) is 0 Å². The minimum atomic E-state index is -1.51. The average molecular weight is 493 g/mol. The lowest BCUT2D eigenvalue weighted by Crippen LogP contribution is -2.25. The first-order valence-corrected chi connectivity index (χ1v) is 10.4. The summed E-state index contributed by atoms with van der Waals surface area (Å²) in [4.78, 5) is 31.8. The van der Waals surface area contributed by atoms with Crippen molar-refractivity contribution in [3.63, 3.8) is 0 Å². The molecule has 0 amide bonds. The number of aromatic nitrogens is 2. The van der Waals surface area contributed by atoms with Crippen LogP contribution in [0, 0.1) is 5.92 Å². The summed E-state index contributed by atoms with van der Waals surface area (Å²) in [6.07, 6.45) is -0.123. The predicted octanol–water partition coefficient (Wildman–Crippen LogP) is 4.76. The Balaban J connectivity index is 1.82. The summed E-state index contributed by atoms with van der Waals surface area (Å²) in [6, 6.07) is 19.8. The Bertz CT molecular complexity index is 1310. The summed E-state index contributed by atoms with van der Waals surface area (Å²) in [5.41, 5.74) is 4.17. The molecule has 0 fully saturated rings. The van der Waals surface area contributed by atoms with E-state index < -0.39 is 17.9 Å². The third-order valence-electron chi connectivity index (χ3n) is 5.07. The Hall–Kier alpha value is -3.78. The second kappa shape index (κ2) is 8.76. The van der Waals surface area contributed by atoms with Crippen LogP contribution in [0.4, 0.5) is 0 Å². The smallest absolute Gasteiger partial charge is 0.318 e. The van der Waals surface area contributed by atoms with E-state index in [0.29, 0.717) is 32.5 Å². The molecule has 7 nitrogen and oxygen atoms in total. The zero-order valence-electron chi connectivity index (χ0n) is 16.6. The van der Waals surface area contributed by atoms with Crippen molar-refractivity contribution in [1.29, 1.82) is 0 Å². The fourth-order valence-electron chi connectivity index (χ4n) is 3.40. The minimum absolute atomic E-state index is 0.00228. The van der Waals surface area contributed by atoms with Gasteiger partial charge in [-0.25, -0.2) is 9.97 Å². The number of fused-ring (bicyclic) bond motifs is 1. The first-order chi connectivity index (χ1) is 15.3. The van der Waals surface area contributed by atoms with E-state index in [1.807, 2.05) is 30.3 Å². The molecule has 0 bridgehead atoms. The van der Waals surface area contributed by atoms with Crippen molar-refractivity contribution in [3.8, 4) is 28.3 Å². The number of rotatable bonds is 6. The van der Waals surface area contributed by atoms with Crippen molar-refractivity contribution in [2.24, 2.45) is 5.92 Å². The second-order valence-electron chi connectivity index (χ2n) is 7.18. The Morgan fingerprint density at radius 1 is 0.812 bits per heavy atom. The molecule has 3 N–H and O–H groups in total. The summed E-state index contributed by atoms with van der Waals surface area (Å²) in [5, 5.41) is 28.7. The van der Waals surface area contributed by atoms with Crippen molar-refractivity contribution < 1.29 is 24.9 Å². The molecule has 0 spiro atoms. The number of hydrogen-bond donors (Lipinski definition) is 3. The van der Waals surface area contributed by atoms with E-state index in [0.717, 1.165) is 11.1 Å². The van der Waals surface area contributed by atoms with Crippen LogP contribution < -0.4 is 0 Å². The van der Waals surface area contributed by atoms with Gasteiger partial charge in [-0.05, 0) is 40.0 Å². The number of carboxylic acids is 2. The fraction of sp³-hybridized carbons (Fsp3) is 0.0833. The number of aliphatic carboxylic acids is 2. The monoisotopic (exact) mass is 492 g/mol. The number of benzene rings is 3. The maximum Gasteiger partial charge on any atom is 0.318 e. The van der Waals surface area contributed by atoms with Crippen molar-refractivity contribution in [1.82, 2.24) is 9.97 Å². The first-order valence-electron chi connectivity index (χ1n) is 9.64. The van der Waals surface area contributed by atoms with Crippen LogP contribution in [-0.4, -0.2) is 37.2 Å². The molecule has 32 heavy (non-hydrogen) atoms. The summed E-state index contributed by atoms with van der Waals surface area (Å²) >= 11 is 3.31. The van der Waals surface area contributed by atoms with E-state index in [-0.39, 0.29) is 12.2 Å². The molecule has 0 atom stereocenters. The van der Waals surface area contributed by atoms with Crippen LogP contribution in [0.1, 0.15) is 5.56 Å². The molecule has 0 saturated heterocycles. The van der Waals surface area contributed by atoms with E-state index in [2.05, 4.69) is 15.9 Å². The normalized spacial score (nSPS) is 11.1. The molecule has 8 heteroatoms. The maximum absolute atomic E-state index is 11.2. The largest absolute Gasteiger partial charge is 0.504 e. The van der Waals surface area contributed by atoms with Crippen LogP contribution in [0.15, 0.2) is 71.2 Å². The average Bonchev–Trinajstić information content (AvgIpc) is 2.80. The second-order valence-corrected chi connectivity index (χ2v) is 8.04. The molecule has 1 heterocycles. The summed E-state index contributed by atoms with van der Waals surface area (Å²) in [5.74, 6) is -4.26. The lowest BCUT2D eigenvalue weighted by Gasteiger charge is -2.13. The quantitative estimate of drug-likeness (QED) is 0.331. The van der Waals surface area contributed by atoms with Crippen LogP contribution in [0.5, 0.6) is 5.75 Å². The Labute approximate surface area is 191 Å². The summed E-state index contributed by atoms with van der Waals surface area (Å²) < 4.78 is 0.516. The van der Waals surface area contributed by atoms with Crippen molar-refractivity contribution in [2.45, 2.75) is 6.42 Å². The number of carboxylic acid groups (broad SMARTS) is 2. The summed E-state index contributed by atoms with van der Waals surface area (Å²) in [7, 11) is 0. The van der Waals surface area contributed by atoms with Crippen molar-refractivity contribution in [2.75, 3.05) is 0 Å². The third kappa shape index (κ3) is 4.17. The van der Waals surface area contributed by atoms with Gasteiger partial charge in [0.25, 0.3) is 0 Å². The van der Waals surface area contributed by atoms with Crippen molar-refractivity contribution in [3.05, 3.63) is 76.8 Å². The first kappa shape index (κ1) is 21.5. The predicted molar refractivity (Wildman–Crippen MR) is 122 cm³/mol. The highest BCUT2D eigenvalue weighted by atomic mass is 79.9. The Morgan fingerprint density at radius 2 is 1.41 bits per heavy atom. The molecule has 0 aliphatic heterocycles. The zero-order valence-corrected chi connectivity index (χ0v) is 18.2. The number of phenolic OH excluding ortho intramolecular Hbond substituents is 1. The molecular formula is C24H17BrN2O5. The molecule has 1 aromatic heterocycles. The number of phenols is 1. The van der Waals surface area contributed by atoms with Gasteiger partial charge >= 0.3 is 11.9 Å². The minimum Gasteiger partial charge on any atom is -0.504 e. The van der Waals surface area contributed by atoms with E-state index in [9.17, 15) is 14.7 Å². The Kier molecular flexibility index (Phi) is 5.87. The van der Waals surface area contributed by atoms with Gasteiger partial charge < -0.3 is 15.3 Å². The van der Waals surface area contributed by atoms with Gasteiger partial charge in [-0.3, -0.25) is 9.59 Å². The SMILES string of the molecule is O=C(O)C(Cc1ccc(-c2nc3ccc(Br)c(O)c3nc2-c2ccccc2)cc1)C(=O)O. The highest BCUT2D eigenvalue weighted by Gasteiger charge is 2.26.